The van der Waals surface area contributed by atoms with E-state index in [2.05, 4.69) is 39.6 Å². The van der Waals surface area contributed by atoms with Crippen molar-refractivity contribution in [3.63, 3.8) is 0 Å². The van der Waals surface area contributed by atoms with Gasteiger partial charge in [-0.25, -0.2) is 4.99 Å². The Morgan fingerprint density at radius 3 is 2.55 bits per heavy atom. The lowest BCUT2D eigenvalue weighted by molar-refractivity contribution is 0.164. The first-order valence-electron chi connectivity index (χ1n) is 10.6. The van der Waals surface area contributed by atoms with Crippen LogP contribution in [0.5, 0.6) is 5.75 Å². The SMILES string of the molecule is CCNC(=NCc1ccccn1)NCC(c1ccc(OC)cc1)N1CCCCC1. The van der Waals surface area contributed by atoms with Crippen LogP contribution in [0.2, 0.25) is 0 Å². The van der Waals surface area contributed by atoms with E-state index in [1.807, 2.05) is 30.3 Å². The smallest absolute Gasteiger partial charge is 0.191 e. The fourth-order valence-corrected chi connectivity index (χ4v) is 3.70. The lowest BCUT2D eigenvalue weighted by Gasteiger charge is -2.35. The highest BCUT2D eigenvalue weighted by Crippen LogP contribution is 2.25. The number of methoxy groups -OCH3 is 1. The Bertz CT molecular complexity index is 742. The van der Waals surface area contributed by atoms with E-state index in [0.29, 0.717) is 12.6 Å². The predicted octanol–water partition coefficient (Wildman–Crippen LogP) is 3.37. The second kappa shape index (κ2) is 11.4. The third-order valence-electron chi connectivity index (χ3n) is 5.26. The van der Waals surface area contributed by atoms with Crippen LogP contribution in [-0.2, 0) is 6.54 Å². The van der Waals surface area contributed by atoms with Gasteiger partial charge in [0, 0.05) is 19.3 Å². The van der Waals surface area contributed by atoms with Crippen molar-refractivity contribution in [2.24, 2.45) is 4.99 Å². The van der Waals surface area contributed by atoms with Gasteiger partial charge in [0.05, 0.1) is 25.4 Å². The number of benzene rings is 1. The fourth-order valence-electron chi connectivity index (χ4n) is 3.70. The summed E-state index contributed by atoms with van der Waals surface area (Å²) in [6, 6.07) is 14.7. The zero-order valence-corrected chi connectivity index (χ0v) is 17.6. The van der Waals surface area contributed by atoms with Gasteiger partial charge in [-0.05, 0) is 62.7 Å². The van der Waals surface area contributed by atoms with E-state index in [9.17, 15) is 0 Å². The minimum atomic E-state index is 0.305. The van der Waals surface area contributed by atoms with Gasteiger partial charge in [-0.15, -0.1) is 0 Å². The molecule has 1 aliphatic heterocycles. The number of guanidine groups is 1. The summed E-state index contributed by atoms with van der Waals surface area (Å²) >= 11 is 0. The van der Waals surface area contributed by atoms with E-state index in [1.165, 1.54) is 24.8 Å². The highest BCUT2D eigenvalue weighted by atomic mass is 16.5. The Morgan fingerprint density at radius 1 is 1.10 bits per heavy atom. The summed E-state index contributed by atoms with van der Waals surface area (Å²) in [6.07, 6.45) is 5.66. The standard InChI is InChI=1S/C23H33N5O/c1-3-24-23(26-17-20-9-5-6-14-25-20)27-18-22(28-15-7-4-8-16-28)19-10-12-21(29-2)13-11-19/h5-6,9-14,22H,3-4,7-8,15-18H2,1-2H3,(H2,24,26,27). The van der Waals surface area contributed by atoms with Crippen molar-refractivity contribution in [2.45, 2.75) is 38.8 Å². The number of ether oxygens (including phenoxy) is 1. The quantitative estimate of drug-likeness (QED) is 0.530. The van der Waals surface area contributed by atoms with Crippen molar-refractivity contribution < 1.29 is 4.74 Å². The normalized spacial score (nSPS) is 16.3. The minimum Gasteiger partial charge on any atom is -0.497 e. The van der Waals surface area contributed by atoms with E-state index in [1.54, 1.807) is 13.3 Å². The minimum absolute atomic E-state index is 0.305. The van der Waals surface area contributed by atoms with Gasteiger partial charge in [0.25, 0.3) is 0 Å². The Morgan fingerprint density at radius 2 is 1.90 bits per heavy atom. The molecule has 1 aromatic carbocycles. The number of aliphatic imine (C=N–C) groups is 1. The first-order valence-corrected chi connectivity index (χ1v) is 10.6. The first kappa shape index (κ1) is 21.1. The molecule has 156 valence electrons. The molecule has 1 saturated heterocycles. The number of nitrogens with one attached hydrogen (secondary N) is 2. The van der Waals surface area contributed by atoms with E-state index < -0.39 is 0 Å². The van der Waals surface area contributed by atoms with Crippen LogP contribution in [-0.4, -0.2) is 49.1 Å². The lowest BCUT2D eigenvalue weighted by Crippen LogP contribution is -2.44. The monoisotopic (exact) mass is 395 g/mol. The number of rotatable bonds is 8. The van der Waals surface area contributed by atoms with Crippen molar-refractivity contribution in [2.75, 3.05) is 33.3 Å². The zero-order valence-electron chi connectivity index (χ0n) is 17.6. The van der Waals surface area contributed by atoms with Crippen LogP contribution in [0.1, 0.15) is 43.5 Å². The van der Waals surface area contributed by atoms with Gasteiger partial charge < -0.3 is 15.4 Å². The molecule has 1 unspecified atom stereocenters. The molecule has 29 heavy (non-hydrogen) atoms. The summed E-state index contributed by atoms with van der Waals surface area (Å²) in [5.41, 5.74) is 2.27. The van der Waals surface area contributed by atoms with Gasteiger partial charge in [0.15, 0.2) is 5.96 Å². The molecular formula is C23H33N5O. The molecule has 2 aromatic rings. The molecule has 2 heterocycles. The molecular weight excluding hydrogens is 362 g/mol. The maximum atomic E-state index is 5.33. The second-order valence-electron chi connectivity index (χ2n) is 7.28. The lowest BCUT2D eigenvalue weighted by atomic mass is 10.0. The molecule has 6 nitrogen and oxygen atoms in total. The molecule has 0 amide bonds. The van der Waals surface area contributed by atoms with Crippen LogP contribution in [0.4, 0.5) is 0 Å². The highest BCUT2D eigenvalue weighted by Gasteiger charge is 2.22. The number of piperidine rings is 1. The van der Waals surface area contributed by atoms with E-state index in [0.717, 1.165) is 43.6 Å². The Balaban J connectivity index is 1.70. The molecule has 0 aliphatic carbocycles. The van der Waals surface area contributed by atoms with Gasteiger partial charge in [-0.1, -0.05) is 24.6 Å². The van der Waals surface area contributed by atoms with Crippen LogP contribution >= 0.6 is 0 Å². The third-order valence-corrected chi connectivity index (χ3v) is 5.26. The largest absolute Gasteiger partial charge is 0.497 e. The average molecular weight is 396 g/mol. The summed E-state index contributed by atoms with van der Waals surface area (Å²) in [7, 11) is 1.71. The number of likely N-dealkylation sites (tertiary alicyclic amines) is 1. The van der Waals surface area contributed by atoms with Crippen molar-refractivity contribution in [1.82, 2.24) is 20.5 Å². The zero-order chi connectivity index (χ0) is 20.3. The number of hydrogen-bond donors (Lipinski definition) is 2. The van der Waals surface area contributed by atoms with Gasteiger partial charge in [-0.2, -0.15) is 0 Å². The summed E-state index contributed by atoms with van der Waals surface area (Å²) in [5, 5.41) is 6.91. The summed E-state index contributed by atoms with van der Waals surface area (Å²) < 4.78 is 5.33. The van der Waals surface area contributed by atoms with E-state index >= 15 is 0 Å². The van der Waals surface area contributed by atoms with Crippen LogP contribution in [0.15, 0.2) is 53.7 Å². The van der Waals surface area contributed by atoms with Crippen LogP contribution in [0.25, 0.3) is 0 Å². The van der Waals surface area contributed by atoms with Gasteiger partial charge in [0.1, 0.15) is 5.75 Å². The molecule has 6 heteroatoms. The highest BCUT2D eigenvalue weighted by molar-refractivity contribution is 5.79. The van der Waals surface area contributed by atoms with Gasteiger partial charge >= 0.3 is 0 Å². The van der Waals surface area contributed by atoms with Crippen molar-refractivity contribution in [1.29, 1.82) is 0 Å². The average Bonchev–Trinajstić information content (AvgIpc) is 2.79. The Hall–Kier alpha value is -2.60. The molecule has 0 radical (unpaired) electrons. The topological polar surface area (TPSA) is 61.8 Å². The first-order chi connectivity index (χ1) is 14.3. The number of aromatic nitrogens is 1. The van der Waals surface area contributed by atoms with Crippen LogP contribution in [0, 0.1) is 0 Å². The molecule has 2 N–H and O–H groups in total. The number of hydrogen-bond acceptors (Lipinski definition) is 4. The van der Waals surface area contributed by atoms with Crippen LogP contribution in [0.3, 0.4) is 0 Å². The number of pyridine rings is 1. The third kappa shape index (κ3) is 6.46. The molecule has 1 atom stereocenters. The maximum absolute atomic E-state index is 5.33. The number of nitrogens with zero attached hydrogens (tertiary/aromatic N) is 3. The maximum Gasteiger partial charge on any atom is 0.191 e. The fraction of sp³-hybridized carbons (Fsp3) is 0.478. The van der Waals surface area contributed by atoms with Crippen molar-refractivity contribution >= 4 is 5.96 Å². The molecule has 0 saturated carbocycles. The van der Waals surface area contributed by atoms with Crippen molar-refractivity contribution in [3.05, 3.63) is 59.9 Å². The molecule has 3 rings (SSSR count). The Labute approximate surface area is 174 Å². The summed E-state index contributed by atoms with van der Waals surface area (Å²) in [4.78, 5) is 11.7. The van der Waals surface area contributed by atoms with Gasteiger partial charge in [-0.3, -0.25) is 9.88 Å². The molecule has 0 bridgehead atoms. The Kier molecular flexibility index (Phi) is 8.31. The van der Waals surface area contributed by atoms with E-state index in [-0.39, 0.29) is 0 Å². The second-order valence-corrected chi connectivity index (χ2v) is 7.28. The van der Waals surface area contributed by atoms with Crippen LogP contribution < -0.4 is 15.4 Å². The predicted molar refractivity (Wildman–Crippen MR) is 118 cm³/mol. The molecule has 1 aliphatic rings. The molecule has 0 spiro atoms. The summed E-state index contributed by atoms with van der Waals surface area (Å²) in [6.45, 7) is 6.56. The molecule has 1 fully saturated rings. The molecule has 1 aromatic heterocycles. The van der Waals surface area contributed by atoms with Crippen molar-refractivity contribution in [3.8, 4) is 5.75 Å². The van der Waals surface area contributed by atoms with Gasteiger partial charge in [0.2, 0.25) is 0 Å². The van der Waals surface area contributed by atoms with E-state index in [4.69, 9.17) is 9.73 Å². The summed E-state index contributed by atoms with van der Waals surface area (Å²) in [5.74, 6) is 1.72.